The monoisotopic (exact) mass is 568 g/mol. The van der Waals surface area contributed by atoms with Gasteiger partial charge in [-0.05, 0) is 36.8 Å². The van der Waals surface area contributed by atoms with Gasteiger partial charge in [-0.1, -0.05) is 18.2 Å². The number of alkyl halides is 3. The second-order valence-corrected chi connectivity index (χ2v) is 9.80. The van der Waals surface area contributed by atoms with Crippen molar-refractivity contribution in [3.63, 3.8) is 0 Å². The standard InChI is InChI=1S/C28H24F4N6O3/c29-22-10-16(36-27(39)20-12-35-38(25(20)28(30,31)32)17-4-2-1-3-5-17)6-7-24(22)41-23-8-9-34-26(33)21(23)14-37-13-19-11-18(37)15-40-19/h1-10,12,18-19H,11,13-15H2,(H2,33,34)(H,36,39)/t18-,19-/m0/s1. The molecule has 4 aromatic rings. The number of nitrogens with one attached hydrogen (secondary N) is 1. The van der Waals surface area contributed by atoms with Gasteiger partial charge in [0.15, 0.2) is 17.3 Å². The lowest BCUT2D eigenvalue weighted by Gasteiger charge is -2.27. The highest BCUT2D eigenvalue weighted by Gasteiger charge is 2.41. The number of amides is 1. The van der Waals surface area contributed by atoms with E-state index in [1.54, 1.807) is 24.3 Å². The van der Waals surface area contributed by atoms with Crippen molar-refractivity contribution < 1.29 is 31.8 Å². The average molecular weight is 569 g/mol. The predicted molar refractivity (Wildman–Crippen MR) is 140 cm³/mol. The average Bonchev–Trinajstić information content (AvgIpc) is 3.68. The highest BCUT2D eigenvalue weighted by atomic mass is 19.4. The Hall–Kier alpha value is -4.49. The molecule has 1 amide bonds. The summed E-state index contributed by atoms with van der Waals surface area (Å²) < 4.78 is 69.1. The molecule has 212 valence electrons. The van der Waals surface area contributed by atoms with Gasteiger partial charge in [0.25, 0.3) is 5.91 Å². The number of carbonyl (C=O) groups excluding carboxylic acids is 1. The van der Waals surface area contributed by atoms with Crippen LogP contribution in [-0.4, -0.2) is 50.9 Å². The molecule has 3 N–H and O–H groups in total. The molecule has 2 saturated heterocycles. The maximum atomic E-state index is 15.1. The van der Waals surface area contributed by atoms with Crippen LogP contribution in [0.1, 0.15) is 28.0 Å². The van der Waals surface area contributed by atoms with Gasteiger partial charge in [-0.2, -0.15) is 18.3 Å². The summed E-state index contributed by atoms with van der Waals surface area (Å²) in [4.78, 5) is 19.2. The topological polar surface area (TPSA) is 108 Å². The van der Waals surface area contributed by atoms with E-state index in [4.69, 9.17) is 15.2 Å². The minimum absolute atomic E-state index is 0.0667. The fraction of sp³-hybridized carbons (Fsp3) is 0.250. The van der Waals surface area contributed by atoms with Gasteiger partial charge in [-0.3, -0.25) is 9.69 Å². The van der Waals surface area contributed by atoms with Crippen LogP contribution >= 0.6 is 0 Å². The molecule has 2 atom stereocenters. The number of benzene rings is 2. The number of nitrogens with zero attached hydrogens (tertiary/aromatic N) is 4. The SMILES string of the molecule is Nc1nccc(Oc2ccc(NC(=O)c3cnn(-c4ccccc4)c3C(F)(F)F)cc2F)c1CN1C[C@@H]2C[C@H]1CO2. The summed E-state index contributed by atoms with van der Waals surface area (Å²) in [5.41, 5.74) is 4.84. The van der Waals surface area contributed by atoms with Gasteiger partial charge >= 0.3 is 6.18 Å². The number of para-hydroxylation sites is 1. The highest BCUT2D eigenvalue weighted by molar-refractivity contribution is 6.05. The Morgan fingerprint density at radius 3 is 2.63 bits per heavy atom. The van der Waals surface area contributed by atoms with Crippen LogP contribution < -0.4 is 15.8 Å². The normalized spacial score (nSPS) is 18.5. The lowest BCUT2D eigenvalue weighted by atomic mass is 10.2. The summed E-state index contributed by atoms with van der Waals surface area (Å²) in [7, 11) is 0. The molecule has 4 heterocycles. The first-order valence-corrected chi connectivity index (χ1v) is 12.8. The van der Waals surface area contributed by atoms with E-state index in [2.05, 4.69) is 20.3 Å². The quantitative estimate of drug-likeness (QED) is 0.301. The van der Waals surface area contributed by atoms with Crippen LogP contribution in [0.3, 0.4) is 0 Å². The molecular formula is C28H24F4N6O3. The maximum absolute atomic E-state index is 15.1. The minimum atomic E-state index is -4.88. The van der Waals surface area contributed by atoms with Crippen LogP contribution in [0.5, 0.6) is 11.5 Å². The Kier molecular flexibility index (Phi) is 6.83. The van der Waals surface area contributed by atoms with Gasteiger partial charge in [-0.25, -0.2) is 14.1 Å². The van der Waals surface area contributed by atoms with Gasteiger partial charge in [0.05, 0.1) is 35.7 Å². The number of carbonyl (C=O) groups is 1. The van der Waals surface area contributed by atoms with Gasteiger partial charge in [0.2, 0.25) is 0 Å². The summed E-state index contributed by atoms with van der Waals surface area (Å²) >= 11 is 0. The van der Waals surface area contributed by atoms with Crippen molar-refractivity contribution in [2.45, 2.75) is 31.3 Å². The Labute approximate surface area is 231 Å². The Balaban J connectivity index is 1.21. The van der Waals surface area contributed by atoms with Crippen molar-refractivity contribution in [2.75, 3.05) is 24.2 Å². The largest absolute Gasteiger partial charge is 0.454 e. The second-order valence-electron chi connectivity index (χ2n) is 9.80. The number of hydrogen-bond acceptors (Lipinski definition) is 7. The zero-order valence-corrected chi connectivity index (χ0v) is 21.4. The lowest BCUT2D eigenvalue weighted by molar-refractivity contribution is -0.143. The molecule has 2 aromatic carbocycles. The van der Waals surface area contributed by atoms with E-state index >= 15 is 4.39 Å². The van der Waals surface area contributed by atoms with Crippen LogP contribution in [0.25, 0.3) is 5.69 Å². The molecule has 2 aromatic heterocycles. The summed E-state index contributed by atoms with van der Waals surface area (Å²) in [6.07, 6.45) is -1.48. The van der Waals surface area contributed by atoms with E-state index in [-0.39, 0.29) is 35.1 Å². The summed E-state index contributed by atoms with van der Waals surface area (Å²) in [6, 6.07) is 13.0. The third kappa shape index (κ3) is 5.33. The highest BCUT2D eigenvalue weighted by Crippen LogP contribution is 2.36. The number of morpholine rings is 1. The van der Waals surface area contributed by atoms with Gasteiger partial charge in [0, 0.05) is 37.1 Å². The first-order chi connectivity index (χ1) is 19.7. The summed E-state index contributed by atoms with van der Waals surface area (Å²) in [6.45, 7) is 1.84. The summed E-state index contributed by atoms with van der Waals surface area (Å²) in [5, 5.41) is 6.09. The number of ether oxygens (including phenoxy) is 2. The van der Waals surface area contributed by atoms with Gasteiger partial charge in [0.1, 0.15) is 11.6 Å². The van der Waals surface area contributed by atoms with E-state index in [1.807, 2.05) is 0 Å². The number of halogens is 4. The van der Waals surface area contributed by atoms with Crippen molar-refractivity contribution in [3.05, 3.63) is 89.6 Å². The number of nitrogen functional groups attached to an aromatic ring is 1. The third-order valence-corrected chi connectivity index (χ3v) is 7.11. The molecule has 0 spiro atoms. The van der Waals surface area contributed by atoms with Crippen LogP contribution in [0.4, 0.5) is 29.1 Å². The van der Waals surface area contributed by atoms with Crippen molar-refractivity contribution in [3.8, 4) is 17.2 Å². The number of pyridine rings is 1. The molecule has 6 rings (SSSR count). The van der Waals surface area contributed by atoms with E-state index in [0.717, 1.165) is 25.2 Å². The third-order valence-electron chi connectivity index (χ3n) is 7.11. The van der Waals surface area contributed by atoms with Crippen LogP contribution in [0.15, 0.2) is 67.0 Å². The minimum Gasteiger partial charge on any atom is -0.454 e. The van der Waals surface area contributed by atoms with E-state index in [0.29, 0.717) is 29.1 Å². The first-order valence-electron chi connectivity index (χ1n) is 12.8. The van der Waals surface area contributed by atoms with Crippen LogP contribution in [0.2, 0.25) is 0 Å². The summed E-state index contributed by atoms with van der Waals surface area (Å²) in [5.74, 6) is -1.52. The van der Waals surface area contributed by atoms with Crippen molar-refractivity contribution in [1.82, 2.24) is 19.7 Å². The molecule has 2 aliphatic rings. The van der Waals surface area contributed by atoms with Crippen molar-refractivity contribution in [2.24, 2.45) is 0 Å². The van der Waals surface area contributed by atoms with Crippen LogP contribution in [0, 0.1) is 5.82 Å². The molecule has 2 bridgehead atoms. The lowest BCUT2D eigenvalue weighted by Crippen LogP contribution is -2.36. The molecule has 0 saturated carbocycles. The van der Waals surface area contributed by atoms with Crippen molar-refractivity contribution in [1.29, 1.82) is 0 Å². The number of aromatic nitrogens is 3. The van der Waals surface area contributed by atoms with E-state index in [1.165, 1.54) is 30.5 Å². The van der Waals surface area contributed by atoms with Crippen LogP contribution in [-0.2, 0) is 17.5 Å². The fourth-order valence-corrected chi connectivity index (χ4v) is 5.15. The Morgan fingerprint density at radius 1 is 1.15 bits per heavy atom. The number of likely N-dealkylation sites (tertiary alicyclic amines) is 1. The zero-order chi connectivity index (χ0) is 28.7. The number of fused-ring (bicyclic) bond motifs is 2. The van der Waals surface area contributed by atoms with Crippen molar-refractivity contribution >= 4 is 17.4 Å². The molecule has 0 unspecified atom stereocenters. The second kappa shape index (κ2) is 10.5. The smallest absolute Gasteiger partial charge is 0.434 e. The molecule has 0 radical (unpaired) electrons. The van der Waals surface area contributed by atoms with Gasteiger partial charge < -0.3 is 20.5 Å². The number of nitrogens with two attached hydrogens (primary N) is 1. The number of rotatable bonds is 7. The molecule has 41 heavy (non-hydrogen) atoms. The maximum Gasteiger partial charge on any atom is 0.434 e. The predicted octanol–water partition coefficient (Wildman–Crippen LogP) is 5.03. The first kappa shape index (κ1) is 26.7. The molecule has 0 aliphatic carbocycles. The Bertz CT molecular complexity index is 1590. The molecule has 2 fully saturated rings. The Morgan fingerprint density at radius 2 is 1.95 bits per heavy atom. The van der Waals surface area contributed by atoms with E-state index in [9.17, 15) is 18.0 Å². The molecule has 13 heteroatoms. The van der Waals surface area contributed by atoms with Gasteiger partial charge in [-0.15, -0.1) is 0 Å². The zero-order valence-electron chi connectivity index (χ0n) is 21.4. The number of hydrogen-bond donors (Lipinski definition) is 2. The molecular weight excluding hydrogens is 544 g/mol. The number of anilines is 2. The fourth-order valence-electron chi connectivity index (χ4n) is 5.15. The molecule has 2 aliphatic heterocycles. The van der Waals surface area contributed by atoms with E-state index < -0.39 is 29.2 Å². The molecule has 9 nitrogen and oxygen atoms in total.